The molecular formula is C15H17NO5. The third-order valence-corrected chi connectivity index (χ3v) is 3.26. The minimum absolute atomic E-state index is 0.0331. The van der Waals surface area contributed by atoms with Gasteiger partial charge in [-0.2, -0.15) is 0 Å². The summed E-state index contributed by atoms with van der Waals surface area (Å²) in [6, 6.07) is 4.62. The minimum Gasteiger partial charge on any atom is -0.496 e. The van der Waals surface area contributed by atoms with E-state index in [9.17, 15) is 14.4 Å². The lowest BCUT2D eigenvalue weighted by Gasteiger charge is -2.10. The third kappa shape index (κ3) is 3.81. The van der Waals surface area contributed by atoms with Crippen LogP contribution in [0.4, 0.5) is 5.69 Å². The summed E-state index contributed by atoms with van der Waals surface area (Å²) in [5.41, 5.74) is 0.635. The van der Waals surface area contributed by atoms with Gasteiger partial charge in [0, 0.05) is 11.6 Å². The number of rotatable bonds is 6. The summed E-state index contributed by atoms with van der Waals surface area (Å²) in [6.07, 6.45) is 1.62. The van der Waals surface area contributed by atoms with Crippen molar-refractivity contribution in [3.63, 3.8) is 0 Å². The van der Waals surface area contributed by atoms with Crippen LogP contribution in [0.1, 0.15) is 29.6 Å². The van der Waals surface area contributed by atoms with Gasteiger partial charge in [-0.05, 0) is 31.0 Å². The predicted molar refractivity (Wildman–Crippen MR) is 75.3 cm³/mol. The van der Waals surface area contributed by atoms with Gasteiger partial charge >= 0.3 is 5.97 Å². The number of carbonyl (C=O) groups is 3. The first-order valence-corrected chi connectivity index (χ1v) is 6.64. The summed E-state index contributed by atoms with van der Waals surface area (Å²) in [5, 5.41) is 2.60. The van der Waals surface area contributed by atoms with Crippen LogP contribution in [0, 0.1) is 5.92 Å². The van der Waals surface area contributed by atoms with Crippen LogP contribution in [0.3, 0.4) is 0 Å². The Morgan fingerprint density at radius 3 is 2.52 bits per heavy atom. The number of nitrogens with one attached hydrogen (secondary N) is 1. The van der Waals surface area contributed by atoms with Gasteiger partial charge in [-0.25, -0.2) is 4.79 Å². The highest BCUT2D eigenvalue weighted by Gasteiger charge is 2.30. The zero-order chi connectivity index (χ0) is 15.4. The Labute approximate surface area is 122 Å². The normalized spacial score (nSPS) is 13.4. The van der Waals surface area contributed by atoms with Crippen LogP contribution >= 0.6 is 0 Å². The van der Waals surface area contributed by atoms with Gasteiger partial charge in [0.1, 0.15) is 17.1 Å². The van der Waals surface area contributed by atoms with Crippen molar-refractivity contribution < 1.29 is 23.9 Å². The maximum atomic E-state index is 11.8. The van der Waals surface area contributed by atoms with E-state index in [0.717, 1.165) is 12.8 Å². The lowest BCUT2D eigenvalue weighted by molar-refractivity contribution is -0.126. The number of Topliss-reactive ketones (excluding diaryl/α,β-unsaturated/α-hetero) is 1. The Morgan fingerprint density at radius 1 is 1.24 bits per heavy atom. The molecule has 0 aromatic heterocycles. The first kappa shape index (κ1) is 15.0. The average molecular weight is 291 g/mol. The maximum Gasteiger partial charge on any atom is 0.341 e. The molecule has 2 rings (SSSR count). The van der Waals surface area contributed by atoms with E-state index >= 15 is 0 Å². The molecule has 0 aliphatic heterocycles. The lowest BCUT2D eigenvalue weighted by Crippen LogP contribution is -2.17. The molecule has 6 heteroatoms. The highest BCUT2D eigenvalue weighted by molar-refractivity contribution is 6.06. The van der Waals surface area contributed by atoms with E-state index in [4.69, 9.17) is 4.74 Å². The molecule has 1 fully saturated rings. The molecule has 0 spiro atoms. The Kier molecular flexibility index (Phi) is 4.57. The summed E-state index contributed by atoms with van der Waals surface area (Å²) in [5.74, 6) is -0.565. The zero-order valence-corrected chi connectivity index (χ0v) is 12.0. The zero-order valence-electron chi connectivity index (χ0n) is 12.0. The second-order valence-electron chi connectivity index (χ2n) is 4.87. The van der Waals surface area contributed by atoms with Gasteiger partial charge in [0.2, 0.25) is 5.91 Å². The predicted octanol–water partition coefficient (Wildman–Crippen LogP) is 1.79. The van der Waals surface area contributed by atoms with Crippen molar-refractivity contribution in [2.75, 3.05) is 19.5 Å². The first-order valence-electron chi connectivity index (χ1n) is 6.64. The number of amides is 1. The van der Waals surface area contributed by atoms with Crippen molar-refractivity contribution in [1.82, 2.24) is 0 Å². The molecule has 1 saturated carbocycles. The van der Waals surface area contributed by atoms with Crippen molar-refractivity contribution >= 4 is 23.3 Å². The van der Waals surface area contributed by atoms with Crippen LogP contribution in [0.25, 0.3) is 0 Å². The number of benzene rings is 1. The molecule has 1 aliphatic rings. The highest BCUT2D eigenvalue weighted by Crippen LogP contribution is 2.31. The summed E-state index contributed by atoms with van der Waals surface area (Å²) in [6.45, 7) is 0. The molecule has 21 heavy (non-hydrogen) atoms. The maximum absolute atomic E-state index is 11.8. The van der Waals surface area contributed by atoms with Crippen LogP contribution in [0.2, 0.25) is 0 Å². The smallest absolute Gasteiger partial charge is 0.341 e. The Balaban J connectivity index is 2.07. The molecule has 1 amide bonds. The highest BCUT2D eigenvalue weighted by atomic mass is 16.5. The van der Waals surface area contributed by atoms with Crippen LogP contribution < -0.4 is 10.1 Å². The van der Waals surface area contributed by atoms with E-state index in [1.807, 2.05) is 0 Å². The van der Waals surface area contributed by atoms with E-state index in [-0.39, 0.29) is 29.6 Å². The van der Waals surface area contributed by atoms with Crippen molar-refractivity contribution in [3.8, 4) is 5.75 Å². The van der Waals surface area contributed by atoms with Gasteiger partial charge in [-0.15, -0.1) is 0 Å². The second-order valence-corrected chi connectivity index (χ2v) is 4.87. The monoisotopic (exact) mass is 291 g/mol. The summed E-state index contributed by atoms with van der Waals surface area (Å²) < 4.78 is 9.72. The number of hydrogen-bond donors (Lipinski definition) is 1. The van der Waals surface area contributed by atoms with Crippen molar-refractivity contribution in [3.05, 3.63) is 23.8 Å². The van der Waals surface area contributed by atoms with Crippen LogP contribution in [0.5, 0.6) is 5.75 Å². The SMILES string of the molecule is COC(=O)c1cc(NC(=O)CC(=O)C2CC2)ccc1OC. The molecule has 0 heterocycles. The van der Waals surface area contributed by atoms with Crippen molar-refractivity contribution in [2.45, 2.75) is 19.3 Å². The van der Waals surface area contributed by atoms with E-state index in [1.165, 1.54) is 20.3 Å². The molecule has 1 N–H and O–H groups in total. The van der Waals surface area contributed by atoms with Crippen LogP contribution in [-0.2, 0) is 14.3 Å². The molecule has 112 valence electrons. The van der Waals surface area contributed by atoms with Gasteiger partial charge in [0.15, 0.2) is 0 Å². The molecule has 0 atom stereocenters. The van der Waals surface area contributed by atoms with Crippen molar-refractivity contribution in [2.24, 2.45) is 5.92 Å². The van der Waals surface area contributed by atoms with Crippen LogP contribution in [0.15, 0.2) is 18.2 Å². The van der Waals surface area contributed by atoms with Gasteiger partial charge in [0.05, 0.1) is 20.6 Å². The van der Waals surface area contributed by atoms with E-state index in [0.29, 0.717) is 11.4 Å². The molecule has 1 aromatic carbocycles. The Morgan fingerprint density at radius 2 is 1.95 bits per heavy atom. The number of ether oxygens (including phenoxy) is 2. The number of carbonyl (C=O) groups excluding carboxylic acids is 3. The molecule has 0 unspecified atom stereocenters. The fraction of sp³-hybridized carbons (Fsp3) is 0.400. The number of ketones is 1. The molecular weight excluding hydrogens is 274 g/mol. The molecule has 1 aliphatic carbocycles. The molecule has 6 nitrogen and oxygen atoms in total. The quantitative estimate of drug-likeness (QED) is 0.638. The Bertz CT molecular complexity index is 577. The molecule has 0 saturated heterocycles. The second kappa shape index (κ2) is 6.39. The standard InChI is InChI=1S/C15H17NO5/c1-20-13-6-5-10(7-11(13)15(19)21-2)16-14(18)8-12(17)9-3-4-9/h5-7,9H,3-4,8H2,1-2H3,(H,16,18). The lowest BCUT2D eigenvalue weighted by atomic mass is 10.1. The van der Waals surface area contributed by atoms with Crippen LogP contribution in [-0.4, -0.2) is 31.9 Å². The molecule has 1 aromatic rings. The number of anilines is 1. The van der Waals surface area contributed by atoms with Gasteiger partial charge < -0.3 is 14.8 Å². The number of esters is 1. The average Bonchev–Trinajstić information content (AvgIpc) is 3.30. The molecule has 0 radical (unpaired) electrons. The fourth-order valence-corrected chi connectivity index (χ4v) is 1.97. The van der Waals surface area contributed by atoms with Crippen molar-refractivity contribution in [1.29, 1.82) is 0 Å². The number of methoxy groups -OCH3 is 2. The van der Waals surface area contributed by atoms with E-state index in [1.54, 1.807) is 12.1 Å². The summed E-state index contributed by atoms with van der Waals surface area (Å²) >= 11 is 0. The first-order chi connectivity index (χ1) is 10.0. The van der Waals surface area contributed by atoms with Gasteiger partial charge in [-0.3, -0.25) is 9.59 Å². The van der Waals surface area contributed by atoms with E-state index in [2.05, 4.69) is 10.1 Å². The van der Waals surface area contributed by atoms with E-state index < -0.39 is 5.97 Å². The number of hydrogen-bond acceptors (Lipinski definition) is 5. The Hall–Kier alpha value is -2.37. The third-order valence-electron chi connectivity index (χ3n) is 3.26. The largest absolute Gasteiger partial charge is 0.496 e. The fourth-order valence-electron chi connectivity index (χ4n) is 1.97. The molecule has 0 bridgehead atoms. The van der Waals surface area contributed by atoms with Gasteiger partial charge in [-0.1, -0.05) is 0 Å². The summed E-state index contributed by atoms with van der Waals surface area (Å²) in [4.78, 5) is 35.0. The minimum atomic E-state index is -0.558. The topological polar surface area (TPSA) is 81.7 Å². The summed E-state index contributed by atoms with van der Waals surface area (Å²) in [7, 11) is 2.70. The van der Waals surface area contributed by atoms with Gasteiger partial charge in [0.25, 0.3) is 0 Å².